The van der Waals surface area contributed by atoms with Gasteiger partial charge in [-0.1, -0.05) is 42.8 Å². The predicted molar refractivity (Wildman–Crippen MR) is 146 cm³/mol. The number of aromatic nitrogens is 2. The van der Waals surface area contributed by atoms with E-state index in [1.807, 2.05) is 0 Å². The molecule has 0 bridgehead atoms. The van der Waals surface area contributed by atoms with Crippen molar-refractivity contribution < 1.29 is 19.5 Å². The molecule has 12 heteroatoms. The maximum absolute atomic E-state index is 13.6. The molecule has 4 rings (SSSR count). The van der Waals surface area contributed by atoms with E-state index in [0.29, 0.717) is 16.1 Å². The van der Waals surface area contributed by atoms with Crippen LogP contribution in [-0.2, 0) is 11.3 Å². The fraction of sp³-hybridized carbons (Fsp3) is 0.111. The number of carbonyl (C=O) groups excluding carboxylic acids is 1. The number of H-pyrrole nitrogens is 1. The minimum atomic E-state index is -0.675. The van der Waals surface area contributed by atoms with Crippen molar-refractivity contribution in [2.45, 2.75) is 19.4 Å². The number of imidazole rings is 1. The van der Waals surface area contributed by atoms with E-state index >= 15 is 0 Å². The van der Waals surface area contributed by atoms with Gasteiger partial charge in [-0.3, -0.25) is 14.6 Å². The maximum atomic E-state index is 13.6. The van der Waals surface area contributed by atoms with Gasteiger partial charge in [0.1, 0.15) is 11.5 Å². The lowest BCUT2D eigenvalue weighted by Gasteiger charge is -2.24. The van der Waals surface area contributed by atoms with E-state index in [1.54, 1.807) is 37.3 Å². The molecule has 0 aliphatic rings. The number of carbonyl (C=O) groups is 1. The Morgan fingerprint density at radius 1 is 1.15 bits per heavy atom. The Balaban J connectivity index is 1.75. The van der Waals surface area contributed by atoms with Gasteiger partial charge < -0.3 is 20.5 Å². The van der Waals surface area contributed by atoms with E-state index in [9.17, 15) is 24.3 Å². The van der Waals surface area contributed by atoms with Crippen LogP contribution in [0.1, 0.15) is 29.7 Å². The molecule has 0 spiro atoms. The third kappa shape index (κ3) is 6.19. The number of halogens is 2. The van der Waals surface area contributed by atoms with Gasteiger partial charge in [0.25, 0.3) is 5.91 Å². The molecule has 1 unspecified atom stereocenters. The second kappa shape index (κ2) is 11.5. The number of benzene rings is 3. The Morgan fingerprint density at radius 2 is 1.79 bits per heavy atom. The van der Waals surface area contributed by atoms with Crippen molar-refractivity contribution in [1.29, 1.82) is 0 Å². The summed E-state index contributed by atoms with van der Waals surface area (Å²) in [6.45, 7) is 1.63. The molecule has 3 aromatic carbocycles. The molecule has 4 aromatic rings. The van der Waals surface area contributed by atoms with Crippen LogP contribution in [0.2, 0.25) is 5.02 Å². The molecule has 0 fully saturated rings. The summed E-state index contributed by atoms with van der Waals surface area (Å²) in [5.41, 5.74) is 0.682. The van der Waals surface area contributed by atoms with E-state index in [1.165, 1.54) is 48.5 Å². The lowest BCUT2D eigenvalue weighted by Crippen LogP contribution is -2.39. The number of nitrogens with two attached hydrogens (primary N) is 1. The number of hydrogen-bond acceptors (Lipinski definition) is 7. The van der Waals surface area contributed by atoms with Gasteiger partial charge in [-0.2, -0.15) is 0 Å². The van der Waals surface area contributed by atoms with Crippen molar-refractivity contribution in [3.63, 3.8) is 0 Å². The van der Waals surface area contributed by atoms with Crippen LogP contribution in [0.4, 0.5) is 15.8 Å². The summed E-state index contributed by atoms with van der Waals surface area (Å²) in [5, 5.41) is 32.0. The van der Waals surface area contributed by atoms with Crippen LogP contribution in [-0.4, -0.2) is 25.8 Å². The van der Waals surface area contributed by atoms with Crippen molar-refractivity contribution >= 4 is 35.0 Å². The fourth-order valence-electron chi connectivity index (χ4n) is 4.00. The number of hydrazine groups is 1. The first kappa shape index (κ1) is 27.6. The Hall–Kier alpha value is -4.42. The highest BCUT2D eigenvalue weighted by Gasteiger charge is 2.25. The van der Waals surface area contributed by atoms with Crippen LogP contribution in [0.15, 0.2) is 83.2 Å². The summed E-state index contributed by atoms with van der Waals surface area (Å²) in [4.78, 5) is 28.8. The quantitative estimate of drug-likeness (QED) is 0.109. The normalized spacial score (nSPS) is 12.3. The van der Waals surface area contributed by atoms with Crippen molar-refractivity contribution in [3.05, 3.63) is 122 Å². The van der Waals surface area contributed by atoms with Crippen LogP contribution in [0, 0.1) is 11.0 Å². The minimum Gasteiger partial charge on any atom is -0.733 e. The van der Waals surface area contributed by atoms with Crippen molar-refractivity contribution in [2.75, 3.05) is 10.2 Å². The molecule has 0 aliphatic carbocycles. The second-order valence-corrected chi connectivity index (χ2v) is 9.16. The molecule has 39 heavy (non-hydrogen) atoms. The highest BCUT2D eigenvalue weighted by atomic mass is 35.5. The van der Waals surface area contributed by atoms with Gasteiger partial charge in [0, 0.05) is 16.5 Å². The second-order valence-electron chi connectivity index (χ2n) is 8.72. The zero-order valence-corrected chi connectivity index (χ0v) is 21.3. The highest BCUT2D eigenvalue weighted by Crippen LogP contribution is 2.31. The molecule has 1 atom stereocenters. The topological polar surface area (TPSA) is 151 Å². The summed E-state index contributed by atoms with van der Waals surface area (Å²) in [5.74, 6) is 3.95. The van der Waals surface area contributed by atoms with E-state index in [2.05, 4.69) is 4.98 Å². The average molecular weight is 553 g/mol. The van der Waals surface area contributed by atoms with Crippen molar-refractivity contribution in [2.24, 2.45) is 5.84 Å². The van der Waals surface area contributed by atoms with Crippen LogP contribution in [0.5, 0.6) is 5.88 Å². The number of hydrogen-bond donors (Lipinski definition) is 4. The Kier molecular flexibility index (Phi) is 8.17. The molecule has 0 radical (unpaired) electrons. The summed E-state index contributed by atoms with van der Waals surface area (Å²) < 4.78 is 14.6. The molecule has 5 N–H and O–H groups in total. The molecule has 202 valence electrons. The largest absolute Gasteiger partial charge is 0.733 e. The predicted octanol–water partition coefficient (Wildman–Crippen LogP) is 4.51. The van der Waals surface area contributed by atoms with Gasteiger partial charge in [-0.15, -0.1) is 0 Å². The van der Waals surface area contributed by atoms with Gasteiger partial charge in [0.05, 0.1) is 17.9 Å². The Morgan fingerprint density at radius 3 is 2.41 bits per heavy atom. The third-order valence-corrected chi connectivity index (χ3v) is 6.42. The van der Waals surface area contributed by atoms with Gasteiger partial charge >= 0.3 is 5.69 Å². The van der Waals surface area contributed by atoms with Crippen molar-refractivity contribution in [1.82, 2.24) is 9.55 Å². The zero-order chi connectivity index (χ0) is 28.3. The van der Waals surface area contributed by atoms with Crippen LogP contribution in [0.3, 0.4) is 0 Å². The van der Waals surface area contributed by atoms with Gasteiger partial charge in [-0.25, -0.2) is 20.0 Å². The molecule has 1 amide bonds. The van der Waals surface area contributed by atoms with Crippen molar-refractivity contribution in [3.8, 4) is 5.88 Å². The van der Waals surface area contributed by atoms with Crippen LogP contribution < -0.4 is 21.8 Å². The summed E-state index contributed by atoms with van der Waals surface area (Å²) in [6.07, 6.45) is 1.32. The van der Waals surface area contributed by atoms with E-state index in [4.69, 9.17) is 22.7 Å². The lowest BCUT2D eigenvalue weighted by molar-refractivity contribution is -0.115. The standard InChI is InChI=1S/C27H24ClFN5O5/c1-16(18-5-7-19(28)8-6-18)23(25(35)33(30)21-9-11-22(12-10-21)34(38)39)14-24-26(36)32(27(37)31-24)15-17-3-2-4-20(29)13-17/h2-14,16,36,38H,15,30H2,1H3,(H,31,37)/q-1. The van der Waals surface area contributed by atoms with Gasteiger partial charge in [0.2, 0.25) is 5.88 Å². The Bertz CT molecular complexity index is 1560. The summed E-state index contributed by atoms with van der Waals surface area (Å²) in [7, 11) is 0. The SMILES string of the molecule is CC(C(=Cc1[nH]c(=O)n(Cc2cccc(F)c2)c1O)C(=O)N(N)c1ccc(N([O-])O)cc1)c1ccc(Cl)cc1. The first-order valence-electron chi connectivity index (χ1n) is 11.6. The number of aromatic amines is 1. The first-order chi connectivity index (χ1) is 18.5. The monoisotopic (exact) mass is 552 g/mol. The molecule has 0 saturated heterocycles. The van der Waals surface area contributed by atoms with Crippen LogP contribution >= 0.6 is 11.6 Å². The number of amides is 1. The first-order valence-corrected chi connectivity index (χ1v) is 12.0. The molecule has 0 saturated carbocycles. The number of nitrogens with zero attached hydrogens (tertiary/aromatic N) is 3. The van der Waals surface area contributed by atoms with E-state index < -0.39 is 29.2 Å². The fourth-order valence-corrected chi connectivity index (χ4v) is 4.13. The van der Waals surface area contributed by atoms with E-state index in [-0.39, 0.29) is 34.4 Å². The van der Waals surface area contributed by atoms with Crippen LogP contribution in [0.25, 0.3) is 6.08 Å². The molecular weight excluding hydrogens is 529 g/mol. The smallest absolute Gasteiger partial charge is 0.329 e. The molecule has 1 heterocycles. The maximum Gasteiger partial charge on any atom is 0.329 e. The number of anilines is 2. The number of aromatic hydroxyl groups is 1. The minimum absolute atomic E-state index is 0.0495. The van der Waals surface area contributed by atoms with E-state index in [0.717, 1.165) is 9.58 Å². The molecule has 0 aliphatic heterocycles. The summed E-state index contributed by atoms with van der Waals surface area (Å²) >= 11 is 6.02. The zero-order valence-electron chi connectivity index (χ0n) is 20.6. The lowest BCUT2D eigenvalue weighted by atomic mass is 9.91. The number of nitrogens with one attached hydrogen (secondary N) is 1. The van der Waals surface area contributed by atoms with Gasteiger partial charge in [-0.05, 0) is 65.7 Å². The molecule has 10 nitrogen and oxygen atoms in total. The Labute approximate surface area is 227 Å². The number of rotatable bonds is 8. The summed E-state index contributed by atoms with van der Waals surface area (Å²) in [6, 6.07) is 17.7. The molecular formula is C27H24ClFN5O5-. The third-order valence-electron chi connectivity index (χ3n) is 6.16. The average Bonchev–Trinajstić information content (AvgIpc) is 3.18. The highest BCUT2D eigenvalue weighted by molar-refractivity contribution is 6.30. The van der Waals surface area contributed by atoms with Gasteiger partial charge in [0.15, 0.2) is 0 Å². The molecule has 1 aromatic heterocycles.